The van der Waals surface area contributed by atoms with Gasteiger partial charge in [0.15, 0.2) is 0 Å². The number of allylic oxidation sites excluding steroid dienone is 5. The van der Waals surface area contributed by atoms with E-state index in [1.165, 1.54) is 45.3 Å². The molecule has 0 radical (unpaired) electrons. The highest BCUT2D eigenvalue weighted by Crippen LogP contribution is 2.41. The van der Waals surface area contributed by atoms with Gasteiger partial charge in [-0.3, -0.25) is 0 Å². The van der Waals surface area contributed by atoms with Crippen molar-refractivity contribution in [3.63, 3.8) is 0 Å². The minimum absolute atomic E-state index is 0.567. The molecule has 4 aromatic carbocycles. The van der Waals surface area contributed by atoms with E-state index < -0.39 is 0 Å². The van der Waals surface area contributed by atoms with Gasteiger partial charge in [-0.05, 0) is 78.3 Å². The van der Waals surface area contributed by atoms with E-state index in [0.29, 0.717) is 5.92 Å². The molecule has 0 spiro atoms. The fraction of sp³-hybridized carbons (Fsp3) is 0.176. The maximum Gasteiger partial charge on any atom is 0.0508 e. The molecule has 4 aromatic rings. The van der Waals surface area contributed by atoms with Gasteiger partial charge in [-0.1, -0.05) is 91.0 Å². The molecule has 0 saturated carbocycles. The summed E-state index contributed by atoms with van der Waals surface area (Å²) in [6, 6.07) is 32.7. The zero-order valence-electron chi connectivity index (χ0n) is 20.8. The first-order valence-corrected chi connectivity index (χ1v) is 13.0. The van der Waals surface area contributed by atoms with Crippen molar-refractivity contribution in [3.8, 4) is 0 Å². The third-order valence-electron chi connectivity index (χ3n) is 7.55. The Bertz CT molecular complexity index is 1470. The average Bonchev–Trinajstić information content (AvgIpc) is 2.92. The van der Waals surface area contributed by atoms with Crippen molar-refractivity contribution >= 4 is 33.4 Å². The Kier molecular flexibility index (Phi) is 6.17. The summed E-state index contributed by atoms with van der Waals surface area (Å²) in [6.07, 6.45) is 12.5. The van der Waals surface area contributed by atoms with Gasteiger partial charge in [0.25, 0.3) is 0 Å². The van der Waals surface area contributed by atoms with Crippen LogP contribution >= 0.6 is 0 Å². The number of nitrogens with zero attached hydrogens (tertiary/aromatic N) is 1. The first kappa shape index (κ1) is 22.4. The number of nitrogens with one attached hydrogen (secondary N) is 1. The summed E-state index contributed by atoms with van der Waals surface area (Å²) in [5.41, 5.74) is 9.02. The van der Waals surface area contributed by atoms with E-state index in [2.05, 4.69) is 132 Å². The summed E-state index contributed by atoms with van der Waals surface area (Å²) in [5.74, 6) is 0.567. The summed E-state index contributed by atoms with van der Waals surface area (Å²) in [4.78, 5) is 2.53. The second-order valence-electron chi connectivity index (χ2n) is 9.81. The minimum atomic E-state index is 0.567. The number of para-hydroxylation sites is 1. The van der Waals surface area contributed by atoms with Gasteiger partial charge in [0.05, 0.1) is 5.69 Å². The van der Waals surface area contributed by atoms with E-state index in [0.717, 1.165) is 30.8 Å². The van der Waals surface area contributed by atoms with Crippen LogP contribution in [0.1, 0.15) is 43.2 Å². The molecule has 0 bridgehead atoms. The molecule has 0 aromatic heterocycles. The molecular formula is C34H32N2. The second kappa shape index (κ2) is 9.91. The van der Waals surface area contributed by atoms with Crippen LogP contribution in [0.25, 0.3) is 16.3 Å². The standard InChI is InChI=1S/C34H32N2/c1-25-11-7-8-24-36(33-19-10-18-32(34(25)33)35-28-14-3-2-4-15-28)29-22-20-27(21-23-29)31-17-9-13-26-12-5-6-16-30(26)31/h2-19,22,27,35H,20-21,23-24H2,1H3/b8-7-,25-11+. The van der Waals surface area contributed by atoms with Crippen molar-refractivity contribution in [2.75, 3.05) is 16.8 Å². The van der Waals surface area contributed by atoms with E-state index in [9.17, 15) is 0 Å². The van der Waals surface area contributed by atoms with Crippen molar-refractivity contribution < 1.29 is 0 Å². The highest BCUT2D eigenvalue weighted by atomic mass is 15.1. The lowest BCUT2D eigenvalue weighted by Gasteiger charge is -2.34. The molecule has 1 unspecified atom stereocenters. The van der Waals surface area contributed by atoms with Crippen LogP contribution in [0.15, 0.2) is 121 Å². The van der Waals surface area contributed by atoms with E-state index >= 15 is 0 Å². The summed E-state index contributed by atoms with van der Waals surface area (Å²) in [5, 5.41) is 6.41. The summed E-state index contributed by atoms with van der Waals surface area (Å²) in [6.45, 7) is 3.10. The molecule has 36 heavy (non-hydrogen) atoms. The van der Waals surface area contributed by atoms with Gasteiger partial charge < -0.3 is 10.2 Å². The first-order valence-electron chi connectivity index (χ1n) is 13.0. The lowest BCUT2D eigenvalue weighted by molar-refractivity contribution is 0.591. The number of hydrogen-bond donors (Lipinski definition) is 1. The largest absolute Gasteiger partial charge is 0.355 e. The number of anilines is 3. The normalized spacial score (nSPS) is 19.9. The van der Waals surface area contributed by atoms with Crippen LogP contribution in [0.3, 0.4) is 0 Å². The highest BCUT2D eigenvalue weighted by Gasteiger charge is 2.24. The van der Waals surface area contributed by atoms with Crippen molar-refractivity contribution in [2.24, 2.45) is 0 Å². The highest BCUT2D eigenvalue weighted by molar-refractivity contribution is 5.89. The molecule has 178 valence electrons. The molecule has 0 saturated heterocycles. The van der Waals surface area contributed by atoms with Gasteiger partial charge >= 0.3 is 0 Å². The first-order chi connectivity index (χ1) is 17.8. The summed E-state index contributed by atoms with van der Waals surface area (Å²) in [7, 11) is 0. The smallest absolute Gasteiger partial charge is 0.0508 e. The quantitative estimate of drug-likeness (QED) is 0.321. The Morgan fingerprint density at radius 3 is 2.50 bits per heavy atom. The van der Waals surface area contributed by atoms with Crippen molar-refractivity contribution in [1.82, 2.24) is 0 Å². The van der Waals surface area contributed by atoms with E-state index in [1.807, 2.05) is 0 Å². The average molecular weight is 469 g/mol. The van der Waals surface area contributed by atoms with E-state index in [1.54, 1.807) is 0 Å². The van der Waals surface area contributed by atoms with Gasteiger partial charge in [-0.25, -0.2) is 0 Å². The van der Waals surface area contributed by atoms with Crippen LogP contribution < -0.4 is 10.2 Å². The molecule has 2 aliphatic rings. The Hall–Kier alpha value is -4.04. The number of fused-ring (bicyclic) bond motifs is 2. The van der Waals surface area contributed by atoms with Crippen molar-refractivity contribution in [1.29, 1.82) is 0 Å². The summed E-state index contributed by atoms with van der Waals surface area (Å²) >= 11 is 0. The number of benzene rings is 4. The third kappa shape index (κ3) is 4.35. The molecule has 6 rings (SSSR count). The fourth-order valence-electron chi connectivity index (χ4n) is 5.75. The van der Waals surface area contributed by atoms with Crippen LogP contribution in [0.2, 0.25) is 0 Å². The fourth-order valence-corrected chi connectivity index (χ4v) is 5.75. The van der Waals surface area contributed by atoms with Gasteiger partial charge in [0.2, 0.25) is 0 Å². The Morgan fingerprint density at radius 1 is 0.833 bits per heavy atom. The number of hydrogen-bond acceptors (Lipinski definition) is 2. The Labute approximate surface area is 214 Å². The van der Waals surface area contributed by atoms with Crippen molar-refractivity contribution in [2.45, 2.75) is 32.1 Å². The molecule has 1 heterocycles. The molecule has 0 amide bonds. The Balaban J connectivity index is 1.34. The van der Waals surface area contributed by atoms with Crippen LogP contribution in [0.5, 0.6) is 0 Å². The molecule has 1 aliphatic heterocycles. The molecule has 2 heteroatoms. The monoisotopic (exact) mass is 468 g/mol. The predicted molar refractivity (Wildman–Crippen MR) is 155 cm³/mol. The lowest BCUT2D eigenvalue weighted by atomic mass is 9.83. The van der Waals surface area contributed by atoms with E-state index in [4.69, 9.17) is 0 Å². The van der Waals surface area contributed by atoms with Crippen LogP contribution in [-0.2, 0) is 0 Å². The van der Waals surface area contributed by atoms with Gasteiger partial charge in [-0.15, -0.1) is 0 Å². The van der Waals surface area contributed by atoms with Crippen LogP contribution in [0, 0.1) is 0 Å². The van der Waals surface area contributed by atoms with Crippen LogP contribution in [-0.4, -0.2) is 6.54 Å². The van der Waals surface area contributed by atoms with Crippen molar-refractivity contribution in [3.05, 3.63) is 132 Å². The maximum absolute atomic E-state index is 3.67. The zero-order valence-corrected chi connectivity index (χ0v) is 20.8. The zero-order chi connectivity index (χ0) is 24.3. The van der Waals surface area contributed by atoms with Gasteiger partial charge in [0, 0.05) is 29.2 Å². The summed E-state index contributed by atoms with van der Waals surface area (Å²) < 4.78 is 0. The third-order valence-corrected chi connectivity index (χ3v) is 7.55. The SMILES string of the molecule is C/C1=C\C=C/CN(C2=CCC(c3cccc4ccccc34)CC2)c2cccc(Nc3ccccc3)c21. The molecule has 1 N–H and O–H groups in total. The maximum atomic E-state index is 3.67. The molecule has 2 nitrogen and oxygen atoms in total. The van der Waals surface area contributed by atoms with Gasteiger partial charge in [-0.2, -0.15) is 0 Å². The number of rotatable bonds is 4. The molecule has 1 aliphatic carbocycles. The topological polar surface area (TPSA) is 15.3 Å². The minimum Gasteiger partial charge on any atom is -0.355 e. The second-order valence-corrected chi connectivity index (χ2v) is 9.81. The Morgan fingerprint density at radius 2 is 1.64 bits per heavy atom. The molecule has 0 fully saturated rings. The van der Waals surface area contributed by atoms with Gasteiger partial charge in [0.1, 0.15) is 0 Å². The predicted octanol–water partition coefficient (Wildman–Crippen LogP) is 9.21. The molecule has 1 atom stereocenters. The van der Waals surface area contributed by atoms with Crippen LogP contribution in [0.4, 0.5) is 17.1 Å². The van der Waals surface area contributed by atoms with E-state index in [-0.39, 0.29) is 0 Å². The lowest BCUT2D eigenvalue weighted by Crippen LogP contribution is -2.26. The molecular weight excluding hydrogens is 436 g/mol.